The number of carbonyl (C=O) groups is 1. The topological polar surface area (TPSA) is 65.4 Å². The molecule has 0 unspecified atom stereocenters. The largest absolute Gasteiger partial charge is 0.492 e. The van der Waals surface area contributed by atoms with E-state index in [-0.39, 0.29) is 24.0 Å². The number of fused-ring (bicyclic) bond motifs is 1. The van der Waals surface area contributed by atoms with Gasteiger partial charge in [0.2, 0.25) is 5.91 Å². The second-order valence-electron chi connectivity index (χ2n) is 6.23. The van der Waals surface area contributed by atoms with Gasteiger partial charge in [-0.1, -0.05) is 18.2 Å². The van der Waals surface area contributed by atoms with Crippen molar-refractivity contribution < 1.29 is 14.3 Å². The zero-order valence-electron chi connectivity index (χ0n) is 13.6. The van der Waals surface area contributed by atoms with E-state index in [0.29, 0.717) is 13.2 Å². The summed E-state index contributed by atoms with van der Waals surface area (Å²) in [5.74, 6) is 0.560. The molecule has 1 saturated heterocycles. The summed E-state index contributed by atoms with van der Waals surface area (Å²) < 4.78 is 13.3. The zero-order valence-corrected chi connectivity index (χ0v) is 13.6. The van der Waals surface area contributed by atoms with Crippen molar-refractivity contribution in [2.45, 2.75) is 38.0 Å². The first kappa shape index (κ1) is 15.2. The van der Waals surface area contributed by atoms with Crippen LogP contribution in [-0.2, 0) is 16.1 Å². The molecule has 1 fully saturated rings. The molecule has 1 amide bonds. The van der Waals surface area contributed by atoms with E-state index in [4.69, 9.17) is 9.47 Å². The van der Waals surface area contributed by atoms with Gasteiger partial charge in [0.25, 0.3) is 0 Å². The standard InChI is InChI=1S/C18H21N3O3/c1-2-21-10-12(9-19-21)17-15(7-8-23-17)20-18(22)14-11-24-16-6-4-3-5-13(14)16/h3-6,9-10,14-15,17H,2,7-8,11H2,1H3,(H,20,22)/t14-,15-,17+/m0/s1. The van der Waals surface area contributed by atoms with Crippen molar-refractivity contribution in [1.82, 2.24) is 15.1 Å². The van der Waals surface area contributed by atoms with Gasteiger partial charge >= 0.3 is 0 Å². The maximum Gasteiger partial charge on any atom is 0.231 e. The van der Waals surface area contributed by atoms with Crippen LogP contribution in [0.4, 0.5) is 0 Å². The first-order valence-electron chi connectivity index (χ1n) is 8.42. The predicted molar refractivity (Wildman–Crippen MR) is 87.8 cm³/mol. The van der Waals surface area contributed by atoms with Gasteiger partial charge in [0.05, 0.1) is 12.2 Å². The molecule has 1 aromatic carbocycles. The predicted octanol–water partition coefficient (Wildman–Crippen LogP) is 2.03. The lowest BCUT2D eigenvalue weighted by Gasteiger charge is -2.20. The second-order valence-corrected chi connectivity index (χ2v) is 6.23. The van der Waals surface area contributed by atoms with Gasteiger partial charge in [0.1, 0.15) is 24.4 Å². The Hall–Kier alpha value is -2.34. The Morgan fingerprint density at radius 2 is 2.29 bits per heavy atom. The van der Waals surface area contributed by atoms with Crippen LogP contribution in [0.15, 0.2) is 36.7 Å². The van der Waals surface area contributed by atoms with Crippen LogP contribution in [0.3, 0.4) is 0 Å². The minimum absolute atomic E-state index is 0.00309. The highest BCUT2D eigenvalue weighted by molar-refractivity contribution is 5.85. The molecule has 0 aliphatic carbocycles. The second kappa shape index (κ2) is 6.28. The number of nitrogens with zero attached hydrogens (tertiary/aromatic N) is 2. The molecule has 126 valence electrons. The maximum atomic E-state index is 12.7. The summed E-state index contributed by atoms with van der Waals surface area (Å²) in [5.41, 5.74) is 1.98. The third kappa shape index (κ3) is 2.67. The van der Waals surface area contributed by atoms with Gasteiger partial charge in [0.15, 0.2) is 0 Å². The number of nitrogens with one attached hydrogen (secondary N) is 1. The van der Waals surface area contributed by atoms with Gasteiger partial charge in [0, 0.05) is 30.5 Å². The lowest BCUT2D eigenvalue weighted by Crippen LogP contribution is -2.40. The molecule has 6 nitrogen and oxygen atoms in total. The Bertz CT molecular complexity index is 743. The lowest BCUT2D eigenvalue weighted by molar-refractivity contribution is -0.123. The molecule has 1 aromatic heterocycles. The minimum Gasteiger partial charge on any atom is -0.492 e. The molecular formula is C18H21N3O3. The van der Waals surface area contributed by atoms with Crippen LogP contribution in [0.2, 0.25) is 0 Å². The van der Waals surface area contributed by atoms with Crippen molar-refractivity contribution in [3.63, 3.8) is 0 Å². The van der Waals surface area contributed by atoms with Crippen LogP contribution in [0, 0.1) is 0 Å². The van der Waals surface area contributed by atoms with E-state index in [1.807, 2.05) is 48.3 Å². The van der Waals surface area contributed by atoms with Crippen molar-refractivity contribution in [3.8, 4) is 5.75 Å². The Balaban J connectivity index is 1.47. The van der Waals surface area contributed by atoms with Crippen molar-refractivity contribution in [2.75, 3.05) is 13.2 Å². The summed E-state index contributed by atoms with van der Waals surface area (Å²) in [4.78, 5) is 12.7. The van der Waals surface area contributed by atoms with Crippen LogP contribution in [0.5, 0.6) is 5.75 Å². The van der Waals surface area contributed by atoms with E-state index in [2.05, 4.69) is 10.4 Å². The molecule has 0 saturated carbocycles. The summed E-state index contributed by atoms with van der Waals surface area (Å²) in [6.07, 6.45) is 4.49. The highest BCUT2D eigenvalue weighted by atomic mass is 16.5. The first-order valence-corrected chi connectivity index (χ1v) is 8.42. The van der Waals surface area contributed by atoms with E-state index >= 15 is 0 Å². The van der Waals surface area contributed by atoms with E-state index < -0.39 is 0 Å². The summed E-state index contributed by atoms with van der Waals surface area (Å²) >= 11 is 0. The van der Waals surface area contributed by atoms with Gasteiger partial charge in [-0.25, -0.2) is 0 Å². The summed E-state index contributed by atoms with van der Waals surface area (Å²) in [6.45, 7) is 3.91. The number of amides is 1. The molecule has 0 radical (unpaired) electrons. The highest BCUT2D eigenvalue weighted by Gasteiger charge is 2.36. The Morgan fingerprint density at radius 1 is 1.42 bits per heavy atom. The third-order valence-corrected chi connectivity index (χ3v) is 4.74. The normalized spacial score (nSPS) is 25.3. The Labute approximate surface area is 140 Å². The number of ether oxygens (including phenoxy) is 2. The van der Waals surface area contributed by atoms with E-state index in [1.54, 1.807) is 0 Å². The van der Waals surface area contributed by atoms with Crippen LogP contribution in [0.25, 0.3) is 0 Å². The monoisotopic (exact) mass is 327 g/mol. The fourth-order valence-electron chi connectivity index (χ4n) is 3.43. The summed E-state index contributed by atoms with van der Waals surface area (Å²) in [6, 6.07) is 7.70. The van der Waals surface area contributed by atoms with Gasteiger partial charge in [-0.2, -0.15) is 5.10 Å². The molecule has 2 aliphatic heterocycles. The fourth-order valence-corrected chi connectivity index (χ4v) is 3.43. The molecule has 6 heteroatoms. The van der Waals surface area contributed by atoms with E-state index in [0.717, 1.165) is 29.8 Å². The number of hydrogen-bond donors (Lipinski definition) is 1. The molecule has 4 rings (SSSR count). The number of para-hydroxylation sites is 1. The molecule has 3 heterocycles. The first-order chi connectivity index (χ1) is 11.8. The van der Waals surface area contributed by atoms with Crippen LogP contribution in [-0.4, -0.2) is 34.9 Å². The lowest BCUT2D eigenvalue weighted by atomic mass is 9.98. The Kier molecular flexibility index (Phi) is 3.98. The van der Waals surface area contributed by atoms with Gasteiger partial charge in [-0.05, 0) is 19.4 Å². The molecular weight excluding hydrogens is 306 g/mol. The number of carbonyl (C=O) groups excluding carboxylic acids is 1. The molecule has 1 N–H and O–H groups in total. The highest BCUT2D eigenvalue weighted by Crippen LogP contribution is 2.35. The SMILES string of the molecule is CCn1cc([C@H]2OCC[C@@H]2NC(=O)[C@H]2COc3ccccc32)cn1. The van der Waals surface area contributed by atoms with Crippen LogP contribution in [0.1, 0.15) is 36.5 Å². The molecule has 2 aromatic rings. The number of aromatic nitrogens is 2. The van der Waals surface area contributed by atoms with Crippen molar-refractivity contribution in [1.29, 1.82) is 0 Å². The van der Waals surface area contributed by atoms with Crippen molar-refractivity contribution in [2.24, 2.45) is 0 Å². The average Bonchev–Trinajstić information content (AvgIpc) is 3.33. The number of rotatable bonds is 4. The summed E-state index contributed by atoms with van der Waals surface area (Å²) in [7, 11) is 0. The minimum atomic E-state index is -0.249. The van der Waals surface area contributed by atoms with Gasteiger partial charge < -0.3 is 14.8 Å². The van der Waals surface area contributed by atoms with Crippen LogP contribution >= 0.6 is 0 Å². The van der Waals surface area contributed by atoms with E-state index in [1.165, 1.54) is 0 Å². The number of benzene rings is 1. The molecule has 2 aliphatic rings. The zero-order chi connectivity index (χ0) is 16.5. The number of hydrogen-bond acceptors (Lipinski definition) is 4. The van der Waals surface area contributed by atoms with Crippen LogP contribution < -0.4 is 10.1 Å². The average molecular weight is 327 g/mol. The maximum absolute atomic E-state index is 12.7. The van der Waals surface area contributed by atoms with Gasteiger partial charge in [-0.3, -0.25) is 9.48 Å². The fraction of sp³-hybridized carbons (Fsp3) is 0.444. The molecule has 0 spiro atoms. The Morgan fingerprint density at radius 3 is 3.12 bits per heavy atom. The quantitative estimate of drug-likeness (QED) is 0.933. The molecule has 0 bridgehead atoms. The van der Waals surface area contributed by atoms with Crippen molar-refractivity contribution >= 4 is 5.91 Å². The summed E-state index contributed by atoms with van der Waals surface area (Å²) in [5, 5.41) is 7.46. The van der Waals surface area contributed by atoms with E-state index in [9.17, 15) is 4.79 Å². The third-order valence-electron chi connectivity index (χ3n) is 4.74. The van der Waals surface area contributed by atoms with Crippen molar-refractivity contribution in [3.05, 3.63) is 47.8 Å². The molecule has 3 atom stereocenters. The molecule has 24 heavy (non-hydrogen) atoms. The smallest absolute Gasteiger partial charge is 0.231 e. The van der Waals surface area contributed by atoms with Gasteiger partial charge in [-0.15, -0.1) is 0 Å². The number of aryl methyl sites for hydroxylation is 1.